The minimum absolute atomic E-state index is 0.0575. The fourth-order valence-corrected chi connectivity index (χ4v) is 1.99. The van der Waals surface area contributed by atoms with Gasteiger partial charge in [-0.05, 0) is 31.4 Å². The lowest BCUT2D eigenvalue weighted by molar-refractivity contribution is -0.142. The first-order chi connectivity index (χ1) is 9.92. The molecule has 4 nitrogen and oxygen atoms in total. The van der Waals surface area contributed by atoms with Crippen LogP contribution in [0.5, 0.6) is 0 Å². The van der Waals surface area contributed by atoms with E-state index in [1.807, 2.05) is 6.92 Å². The van der Waals surface area contributed by atoms with Gasteiger partial charge in [-0.15, -0.1) is 0 Å². The van der Waals surface area contributed by atoms with Gasteiger partial charge in [0.1, 0.15) is 0 Å². The molecule has 0 bridgehead atoms. The number of ketones is 2. The molecule has 116 valence electrons. The molecule has 0 unspecified atom stereocenters. The van der Waals surface area contributed by atoms with Gasteiger partial charge in [-0.3, -0.25) is 9.59 Å². The molecular formula is C17H24O4. The van der Waals surface area contributed by atoms with Gasteiger partial charge in [0.25, 0.3) is 0 Å². The van der Waals surface area contributed by atoms with Gasteiger partial charge < -0.3 is 4.74 Å². The van der Waals surface area contributed by atoms with Crippen LogP contribution in [0, 0.1) is 5.41 Å². The van der Waals surface area contributed by atoms with E-state index in [9.17, 15) is 14.4 Å². The first-order valence-corrected chi connectivity index (χ1v) is 7.02. The topological polar surface area (TPSA) is 60.4 Å². The predicted octanol–water partition coefficient (Wildman–Crippen LogP) is 3.18. The second kappa shape index (κ2) is 9.86. The lowest BCUT2D eigenvalue weighted by Crippen LogP contribution is -2.29. The second-order valence-electron chi connectivity index (χ2n) is 5.01. The molecular weight excluding hydrogens is 268 g/mol. The zero-order valence-electron chi connectivity index (χ0n) is 12.7. The van der Waals surface area contributed by atoms with E-state index in [-0.39, 0.29) is 18.2 Å². The van der Waals surface area contributed by atoms with Gasteiger partial charge in [-0.2, -0.15) is 0 Å². The molecule has 0 radical (unpaired) electrons. The molecule has 0 heterocycles. The molecule has 21 heavy (non-hydrogen) atoms. The molecule has 0 saturated heterocycles. The fraction of sp³-hybridized carbons (Fsp3) is 0.471. The van der Waals surface area contributed by atoms with E-state index < -0.39 is 11.4 Å². The largest absolute Gasteiger partial charge is 0.462 e. The van der Waals surface area contributed by atoms with Crippen molar-refractivity contribution in [3.05, 3.63) is 38.0 Å². The molecule has 0 rings (SSSR count). The highest BCUT2D eigenvalue weighted by Gasteiger charge is 2.30. The summed E-state index contributed by atoms with van der Waals surface area (Å²) in [5.74, 6) is -0.617. The third kappa shape index (κ3) is 7.40. The Balaban J connectivity index is 4.87. The first-order valence-electron chi connectivity index (χ1n) is 7.02. The van der Waals surface area contributed by atoms with E-state index in [0.717, 1.165) is 6.08 Å². The van der Waals surface area contributed by atoms with Crippen LogP contribution in [0.4, 0.5) is 0 Å². The molecule has 0 N–H and O–H groups in total. The average Bonchev–Trinajstić information content (AvgIpc) is 2.53. The monoisotopic (exact) mass is 292 g/mol. The molecule has 0 aliphatic heterocycles. The van der Waals surface area contributed by atoms with Crippen molar-refractivity contribution in [3.63, 3.8) is 0 Å². The SMILES string of the molecule is C=CC(=O)CCC(CC)(CCC(=O)C=C)COC(=O)C=C. The van der Waals surface area contributed by atoms with Gasteiger partial charge in [0.2, 0.25) is 0 Å². The van der Waals surface area contributed by atoms with Gasteiger partial charge in [-0.25, -0.2) is 4.79 Å². The van der Waals surface area contributed by atoms with Crippen molar-refractivity contribution in [1.29, 1.82) is 0 Å². The maximum atomic E-state index is 11.4. The Kier molecular flexibility index (Phi) is 8.93. The van der Waals surface area contributed by atoms with E-state index >= 15 is 0 Å². The van der Waals surface area contributed by atoms with E-state index in [4.69, 9.17) is 4.74 Å². The van der Waals surface area contributed by atoms with Crippen LogP contribution in [-0.2, 0) is 19.1 Å². The quantitative estimate of drug-likeness (QED) is 0.409. The average molecular weight is 292 g/mol. The van der Waals surface area contributed by atoms with E-state index in [2.05, 4.69) is 19.7 Å². The van der Waals surface area contributed by atoms with Crippen LogP contribution in [0.15, 0.2) is 38.0 Å². The Labute approximate surface area is 126 Å². The fourth-order valence-electron chi connectivity index (χ4n) is 1.99. The molecule has 0 amide bonds. The number of carbonyl (C=O) groups excluding carboxylic acids is 3. The lowest BCUT2D eigenvalue weighted by atomic mass is 9.76. The van der Waals surface area contributed by atoms with Crippen LogP contribution >= 0.6 is 0 Å². The highest BCUT2D eigenvalue weighted by molar-refractivity contribution is 5.89. The number of ether oxygens (including phenoxy) is 1. The number of allylic oxidation sites excluding steroid dienone is 2. The van der Waals surface area contributed by atoms with Gasteiger partial charge in [0.05, 0.1) is 6.61 Å². The van der Waals surface area contributed by atoms with Crippen LogP contribution in [0.25, 0.3) is 0 Å². The Hall–Kier alpha value is -1.97. The zero-order valence-corrected chi connectivity index (χ0v) is 12.7. The summed E-state index contributed by atoms with van der Waals surface area (Å²) in [4.78, 5) is 34.1. The summed E-state index contributed by atoms with van der Waals surface area (Å²) < 4.78 is 5.15. The number of rotatable bonds is 12. The molecule has 0 spiro atoms. The Bertz CT molecular complexity index is 361. The Morgan fingerprint density at radius 2 is 1.43 bits per heavy atom. The van der Waals surface area contributed by atoms with Crippen molar-refractivity contribution in [2.45, 2.75) is 39.0 Å². The van der Waals surface area contributed by atoms with Crippen molar-refractivity contribution in [2.24, 2.45) is 5.41 Å². The van der Waals surface area contributed by atoms with Crippen molar-refractivity contribution in [1.82, 2.24) is 0 Å². The third-order valence-electron chi connectivity index (χ3n) is 3.70. The molecule has 0 saturated carbocycles. The summed E-state index contributed by atoms with van der Waals surface area (Å²) in [5.41, 5.74) is -0.393. The Morgan fingerprint density at radius 1 is 0.952 bits per heavy atom. The summed E-state index contributed by atoms with van der Waals surface area (Å²) >= 11 is 0. The van der Waals surface area contributed by atoms with Crippen LogP contribution < -0.4 is 0 Å². The van der Waals surface area contributed by atoms with Crippen LogP contribution in [0.1, 0.15) is 39.0 Å². The van der Waals surface area contributed by atoms with E-state index in [1.165, 1.54) is 12.2 Å². The van der Waals surface area contributed by atoms with Crippen molar-refractivity contribution >= 4 is 17.5 Å². The summed E-state index contributed by atoms with van der Waals surface area (Å²) in [7, 11) is 0. The molecule has 0 atom stereocenters. The van der Waals surface area contributed by atoms with Crippen molar-refractivity contribution < 1.29 is 19.1 Å². The summed E-state index contributed by atoms with van der Waals surface area (Å²) in [6.07, 6.45) is 6.11. The molecule has 0 aromatic rings. The number of hydrogen-bond acceptors (Lipinski definition) is 4. The van der Waals surface area contributed by atoms with Gasteiger partial charge >= 0.3 is 5.97 Å². The Morgan fingerprint density at radius 3 is 1.76 bits per heavy atom. The van der Waals surface area contributed by atoms with Crippen LogP contribution in [0.3, 0.4) is 0 Å². The highest BCUT2D eigenvalue weighted by Crippen LogP contribution is 2.34. The molecule has 0 aromatic heterocycles. The zero-order chi connectivity index (χ0) is 16.3. The molecule has 0 aromatic carbocycles. The van der Waals surface area contributed by atoms with E-state index in [0.29, 0.717) is 32.1 Å². The van der Waals surface area contributed by atoms with Crippen molar-refractivity contribution in [2.75, 3.05) is 6.61 Å². The summed E-state index contributed by atoms with van der Waals surface area (Å²) in [6.45, 7) is 12.4. The third-order valence-corrected chi connectivity index (χ3v) is 3.70. The molecule has 0 fully saturated rings. The van der Waals surface area contributed by atoms with Gasteiger partial charge in [-0.1, -0.05) is 26.7 Å². The summed E-state index contributed by atoms with van der Waals surface area (Å²) in [6, 6.07) is 0. The van der Waals surface area contributed by atoms with Gasteiger partial charge in [0.15, 0.2) is 11.6 Å². The first kappa shape index (κ1) is 19.0. The molecule has 4 heteroatoms. The van der Waals surface area contributed by atoms with Crippen LogP contribution in [0.2, 0.25) is 0 Å². The van der Waals surface area contributed by atoms with E-state index in [1.54, 1.807) is 0 Å². The second-order valence-corrected chi connectivity index (χ2v) is 5.01. The molecule has 0 aliphatic carbocycles. The normalized spacial score (nSPS) is 10.5. The number of esters is 1. The summed E-state index contributed by atoms with van der Waals surface area (Å²) in [5, 5.41) is 0. The molecule has 0 aliphatic rings. The highest BCUT2D eigenvalue weighted by atomic mass is 16.5. The minimum Gasteiger partial charge on any atom is -0.462 e. The number of carbonyl (C=O) groups is 3. The predicted molar refractivity (Wildman–Crippen MR) is 82.8 cm³/mol. The maximum Gasteiger partial charge on any atom is 0.330 e. The maximum absolute atomic E-state index is 11.4. The van der Waals surface area contributed by atoms with Gasteiger partial charge in [0, 0.05) is 24.3 Å². The minimum atomic E-state index is -0.502. The lowest BCUT2D eigenvalue weighted by Gasteiger charge is -2.31. The smallest absolute Gasteiger partial charge is 0.330 e. The standard InChI is InChI=1S/C17H24O4/c1-5-14(18)9-11-17(8-4,12-10-15(19)6-2)13-21-16(20)7-3/h5-7H,1-3,8-13H2,4H3. The van der Waals surface area contributed by atoms with Crippen molar-refractivity contribution in [3.8, 4) is 0 Å². The van der Waals surface area contributed by atoms with Crippen LogP contribution in [-0.4, -0.2) is 24.1 Å². The number of hydrogen-bond donors (Lipinski definition) is 0.